The van der Waals surface area contributed by atoms with Crippen molar-refractivity contribution in [2.45, 2.75) is 38.6 Å². The molecule has 4 heterocycles. The van der Waals surface area contributed by atoms with E-state index in [1.54, 1.807) is 22.7 Å². The lowest BCUT2D eigenvalue weighted by Gasteiger charge is -2.28. The topological polar surface area (TPSA) is 63.5 Å². The number of piperidine rings is 1. The quantitative estimate of drug-likeness (QED) is 0.702. The highest BCUT2D eigenvalue weighted by molar-refractivity contribution is 5.63. The van der Waals surface area contributed by atoms with E-state index in [0.29, 0.717) is 42.4 Å². The first-order valence-electron chi connectivity index (χ1n) is 9.43. The Kier molecular flexibility index (Phi) is 5.13. The number of hydrogen-bond acceptors (Lipinski definition) is 5. The summed E-state index contributed by atoms with van der Waals surface area (Å²) in [6.07, 6.45) is 2.41. The number of pyridine rings is 2. The minimum absolute atomic E-state index is 0.135. The summed E-state index contributed by atoms with van der Waals surface area (Å²) < 4.78 is 35.6. The molecule has 0 saturated carbocycles. The third-order valence-electron chi connectivity index (χ3n) is 4.67. The van der Waals surface area contributed by atoms with Gasteiger partial charge in [0.15, 0.2) is 11.6 Å². The van der Waals surface area contributed by atoms with Crippen LogP contribution in [0, 0.1) is 5.82 Å². The van der Waals surface area contributed by atoms with Gasteiger partial charge in [-0.3, -0.25) is 4.40 Å². The first-order valence-corrected chi connectivity index (χ1v) is 9.43. The second-order valence-electron chi connectivity index (χ2n) is 7.19. The molecule has 4 rings (SSSR count). The van der Waals surface area contributed by atoms with Crippen LogP contribution in [0.15, 0.2) is 36.7 Å². The number of fused-ring (bicyclic) bond motifs is 1. The van der Waals surface area contributed by atoms with E-state index in [1.807, 2.05) is 26.0 Å². The Morgan fingerprint density at radius 1 is 1.36 bits per heavy atom. The number of anilines is 1. The molecular weight excluding hydrogens is 364 g/mol. The lowest BCUT2D eigenvalue weighted by Crippen LogP contribution is -2.46. The van der Waals surface area contributed by atoms with E-state index in [-0.39, 0.29) is 17.9 Å². The van der Waals surface area contributed by atoms with Crippen molar-refractivity contribution in [3.8, 4) is 17.1 Å². The van der Waals surface area contributed by atoms with Gasteiger partial charge in [-0.2, -0.15) is 0 Å². The van der Waals surface area contributed by atoms with E-state index in [2.05, 4.69) is 20.6 Å². The molecule has 1 saturated heterocycles. The Morgan fingerprint density at radius 2 is 2.21 bits per heavy atom. The van der Waals surface area contributed by atoms with Crippen LogP contribution in [0.4, 0.5) is 14.6 Å². The van der Waals surface area contributed by atoms with Gasteiger partial charge in [-0.05, 0) is 38.9 Å². The molecule has 148 valence electrons. The minimum atomic E-state index is -0.920. The van der Waals surface area contributed by atoms with E-state index < -0.39 is 12.0 Å². The van der Waals surface area contributed by atoms with Crippen molar-refractivity contribution >= 4 is 11.5 Å². The molecule has 0 amide bonds. The second-order valence-corrected chi connectivity index (χ2v) is 7.19. The molecule has 2 unspecified atom stereocenters. The van der Waals surface area contributed by atoms with Gasteiger partial charge >= 0.3 is 0 Å². The maximum Gasteiger partial charge on any atom is 0.181 e. The molecule has 0 spiro atoms. The highest BCUT2D eigenvalue weighted by Crippen LogP contribution is 2.26. The van der Waals surface area contributed by atoms with Gasteiger partial charge < -0.3 is 15.4 Å². The van der Waals surface area contributed by atoms with E-state index in [4.69, 9.17) is 4.74 Å². The number of nitrogens with one attached hydrogen (secondary N) is 2. The lowest BCUT2D eigenvalue weighted by atomic mass is 10.1. The summed E-state index contributed by atoms with van der Waals surface area (Å²) >= 11 is 0. The van der Waals surface area contributed by atoms with Crippen LogP contribution in [0.25, 0.3) is 17.0 Å². The van der Waals surface area contributed by atoms with Crippen molar-refractivity contribution in [1.29, 1.82) is 0 Å². The fourth-order valence-corrected chi connectivity index (χ4v) is 3.33. The summed E-state index contributed by atoms with van der Waals surface area (Å²) in [6, 6.07) is 6.69. The van der Waals surface area contributed by atoms with Crippen molar-refractivity contribution in [2.75, 3.05) is 18.4 Å². The smallest absolute Gasteiger partial charge is 0.181 e. The SMILES string of the molecule is CC(C)Oc1cc2ncc(-c3cccc(NC4CNCCC4F)n3)n2cc1F. The largest absolute Gasteiger partial charge is 0.488 e. The zero-order valence-electron chi connectivity index (χ0n) is 15.8. The molecule has 1 fully saturated rings. The predicted molar refractivity (Wildman–Crippen MR) is 104 cm³/mol. The van der Waals surface area contributed by atoms with Gasteiger partial charge in [0.05, 0.1) is 35.9 Å². The van der Waals surface area contributed by atoms with Crippen molar-refractivity contribution in [1.82, 2.24) is 19.7 Å². The monoisotopic (exact) mass is 387 g/mol. The molecule has 3 aromatic heterocycles. The van der Waals surface area contributed by atoms with Gasteiger partial charge in [-0.25, -0.2) is 18.7 Å². The summed E-state index contributed by atoms with van der Waals surface area (Å²) in [5.41, 5.74) is 1.83. The zero-order chi connectivity index (χ0) is 19.7. The third kappa shape index (κ3) is 3.77. The van der Waals surface area contributed by atoms with Crippen LogP contribution in [0.1, 0.15) is 20.3 Å². The fraction of sp³-hybridized carbons (Fsp3) is 0.400. The average molecular weight is 387 g/mol. The van der Waals surface area contributed by atoms with Crippen LogP contribution in [0.5, 0.6) is 5.75 Å². The molecule has 1 aliphatic rings. The molecule has 3 aromatic rings. The Balaban J connectivity index is 1.64. The van der Waals surface area contributed by atoms with Crippen LogP contribution >= 0.6 is 0 Å². The molecule has 28 heavy (non-hydrogen) atoms. The number of ether oxygens (including phenoxy) is 1. The van der Waals surface area contributed by atoms with Gasteiger partial charge in [0.1, 0.15) is 17.6 Å². The molecule has 6 nitrogen and oxygen atoms in total. The number of aromatic nitrogens is 3. The normalized spacial score (nSPS) is 19.9. The summed E-state index contributed by atoms with van der Waals surface area (Å²) in [5, 5.41) is 6.33. The van der Waals surface area contributed by atoms with Crippen LogP contribution in [0.3, 0.4) is 0 Å². The van der Waals surface area contributed by atoms with E-state index in [0.717, 1.165) is 0 Å². The van der Waals surface area contributed by atoms with Gasteiger partial charge in [-0.1, -0.05) is 6.07 Å². The fourth-order valence-electron chi connectivity index (χ4n) is 3.33. The first-order chi connectivity index (χ1) is 13.5. The van der Waals surface area contributed by atoms with Crippen molar-refractivity contribution < 1.29 is 13.5 Å². The van der Waals surface area contributed by atoms with Crippen LogP contribution in [-0.2, 0) is 0 Å². The van der Waals surface area contributed by atoms with Crippen molar-refractivity contribution in [3.63, 3.8) is 0 Å². The van der Waals surface area contributed by atoms with E-state index in [9.17, 15) is 8.78 Å². The Labute approximate surface area is 162 Å². The minimum Gasteiger partial charge on any atom is -0.488 e. The van der Waals surface area contributed by atoms with Crippen molar-refractivity contribution in [2.24, 2.45) is 0 Å². The van der Waals surface area contributed by atoms with Gasteiger partial charge in [0.25, 0.3) is 0 Å². The second kappa shape index (κ2) is 7.71. The molecule has 0 aliphatic carbocycles. The van der Waals surface area contributed by atoms with Crippen LogP contribution < -0.4 is 15.4 Å². The molecule has 0 radical (unpaired) electrons. The predicted octanol–water partition coefficient (Wildman–Crippen LogP) is 3.43. The molecule has 2 N–H and O–H groups in total. The first kappa shape index (κ1) is 18.6. The maximum absolute atomic E-state index is 14.4. The number of rotatable bonds is 5. The van der Waals surface area contributed by atoms with Crippen LogP contribution in [0.2, 0.25) is 0 Å². The summed E-state index contributed by atoms with van der Waals surface area (Å²) in [7, 11) is 0. The third-order valence-corrected chi connectivity index (χ3v) is 4.67. The molecule has 1 aliphatic heterocycles. The Bertz CT molecular complexity index is 974. The van der Waals surface area contributed by atoms with Gasteiger partial charge in [0, 0.05) is 12.6 Å². The summed E-state index contributed by atoms with van der Waals surface area (Å²) in [6.45, 7) is 4.91. The standard InChI is InChI=1S/C20H23F2N5O/c1-12(2)28-18-8-20-24-10-17(27(20)11-14(18)22)15-4-3-5-19(25-15)26-16-9-23-7-6-13(16)21/h3-5,8,10-13,16,23H,6-7,9H2,1-2H3,(H,25,26). The van der Waals surface area contributed by atoms with E-state index in [1.165, 1.54) is 6.20 Å². The molecule has 2 atom stereocenters. The summed E-state index contributed by atoms with van der Waals surface area (Å²) in [4.78, 5) is 8.92. The Morgan fingerprint density at radius 3 is 3.00 bits per heavy atom. The van der Waals surface area contributed by atoms with Gasteiger partial charge in [-0.15, -0.1) is 0 Å². The van der Waals surface area contributed by atoms with E-state index >= 15 is 0 Å². The molecule has 0 aromatic carbocycles. The Hall–Kier alpha value is -2.74. The van der Waals surface area contributed by atoms with Crippen LogP contribution in [-0.4, -0.2) is 45.8 Å². The number of nitrogens with zero attached hydrogens (tertiary/aromatic N) is 3. The number of hydrogen-bond donors (Lipinski definition) is 2. The molecule has 0 bridgehead atoms. The highest BCUT2D eigenvalue weighted by atomic mass is 19.1. The molecular formula is C20H23F2N5O. The molecule has 8 heteroatoms. The van der Waals surface area contributed by atoms with Crippen molar-refractivity contribution in [3.05, 3.63) is 42.5 Å². The number of alkyl halides is 1. The van der Waals surface area contributed by atoms with Gasteiger partial charge in [0.2, 0.25) is 0 Å². The lowest BCUT2D eigenvalue weighted by molar-refractivity contribution is 0.231. The number of halogens is 2. The number of imidazole rings is 1. The average Bonchev–Trinajstić information content (AvgIpc) is 3.06. The maximum atomic E-state index is 14.4. The highest BCUT2D eigenvalue weighted by Gasteiger charge is 2.24. The summed E-state index contributed by atoms with van der Waals surface area (Å²) in [5.74, 6) is 0.272. The zero-order valence-corrected chi connectivity index (χ0v) is 15.8.